The van der Waals surface area contributed by atoms with Crippen LogP contribution in [-0.2, 0) is 4.79 Å². The van der Waals surface area contributed by atoms with E-state index in [-0.39, 0.29) is 11.7 Å². The van der Waals surface area contributed by atoms with Crippen molar-refractivity contribution in [3.8, 4) is 0 Å². The molecule has 0 bridgehead atoms. The van der Waals surface area contributed by atoms with Crippen LogP contribution in [0.2, 0.25) is 10.0 Å². The first-order valence-corrected chi connectivity index (χ1v) is 9.97. The van der Waals surface area contributed by atoms with Crippen molar-refractivity contribution in [1.29, 1.82) is 0 Å². The van der Waals surface area contributed by atoms with Crippen LogP contribution in [0.1, 0.15) is 49.2 Å². The summed E-state index contributed by atoms with van der Waals surface area (Å²) in [5.74, 6) is 2.02. The van der Waals surface area contributed by atoms with Gasteiger partial charge in [0.05, 0.1) is 21.5 Å². The Labute approximate surface area is 159 Å². The highest BCUT2D eigenvalue weighted by atomic mass is 35.5. The van der Waals surface area contributed by atoms with Crippen molar-refractivity contribution >= 4 is 46.7 Å². The van der Waals surface area contributed by atoms with Gasteiger partial charge in [-0.1, -0.05) is 35.0 Å². The summed E-state index contributed by atoms with van der Waals surface area (Å²) >= 11 is 13.5. The van der Waals surface area contributed by atoms with E-state index < -0.39 is 0 Å². The number of halogens is 2. The van der Waals surface area contributed by atoms with Gasteiger partial charge in [0.2, 0.25) is 5.91 Å². The first-order chi connectivity index (χ1) is 12.0. The van der Waals surface area contributed by atoms with Gasteiger partial charge in [0.15, 0.2) is 11.0 Å². The second-order valence-corrected chi connectivity index (χ2v) is 8.20. The molecule has 6 nitrogen and oxygen atoms in total. The molecule has 2 fully saturated rings. The third-order valence-corrected chi connectivity index (χ3v) is 5.85. The Kier molecular flexibility index (Phi) is 4.64. The molecule has 9 heteroatoms. The standard InChI is InChI=1S/C16H17Cl2N5OS/c1-8-11(17)6-12(18)14(19-8)20-13(24)7-25-16-22-21-15(9-2-3-9)23(16)10-4-5-10/h6,9-10H,2-5,7H2,1H3,(H,19,20,24). The average molecular weight is 398 g/mol. The Morgan fingerprint density at radius 3 is 2.72 bits per heavy atom. The third kappa shape index (κ3) is 3.78. The highest BCUT2D eigenvalue weighted by Crippen LogP contribution is 2.46. The molecule has 2 aliphatic carbocycles. The first kappa shape index (κ1) is 17.1. The van der Waals surface area contributed by atoms with Gasteiger partial charge in [0, 0.05) is 12.0 Å². The number of aromatic nitrogens is 4. The molecule has 132 valence electrons. The number of hydrogen-bond donors (Lipinski definition) is 1. The highest BCUT2D eigenvalue weighted by Gasteiger charge is 2.36. The summed E-state index contributed by atoms with van der Waals surface area (Å²) in [5, 5.41) is 13.0. The summed E-state index contributed by atoms with van der Waals surface area (Å²) in [6.07, 6.45) is 4.72. The number of pyridine rings is 1. The van der Waals surface area contributed by atoms with E-state index in [1.807, 2.05) is 0 Å². The van der Waals surface area contributed by atoms with Crippen LogP contribution in [0.15, 0.2) is 11.2 Å². The molecular weight excluding hydrogens is 381 g/mol. The van der Waals surface area contributed by atoms with E-state index in [2.05, 4.69) is 25.1 Å². The van der Waals surface area contributed by atoms with Crippen LogP contribution in [0.4, 0.5) is 5.82 Å². The van der Waals surface area contributed by atoms with Gasteiger partial charge in [0.1, 0.15) is 5.82 Å². The zero-order chi connectivity index (χ0) is 17.6. The molecule has 0 atom stereocenters. The molecule has 0 unspecified atom stereocenters. The van der Waals surface area contributed by atoms with E-state index >= 15 is 0 Å². The van der Waals surface area contributed by atoms with E-state index in [0.29, 0.717) is 33.5 Å². The fraction of sp³-hybridized carbons (Fsp3) is 0.500. The number of nitrogens with zero attached hydrogens (tertiary/aromatic N) is 4. The summed E-state index contributed by atoms with van der Waals surface area (Å²) < 4.78 is 2.23. The first-order valence-electron chi connectivity index (χ1n) is 8.23. The van der Waals surface area contributed by atoms with Gasteiger partial charge in [-0.05, 0) is 38.7 Å². The van der Waals surface area contributed by atoms with Gasteiger partial charge in [-0.25, -0.2) is 4.98 Å². The second-order valence-electron chi connectivity index (χ2n) is 6.44. The molecular formula is C16H17Cl2N5OS. The van der Waals surface area contributed by atoms with Crippen molar-refractivity contribution in [3.63, 3.8) is 0 Å². The topological polar surface area (TPSA) is 72.7 Å². The molecule has 2 saturated carbocycles. The molecule has 2 aromatic heterocycles. The van der Waals surface area contributed by atoms with E-state index in [1.165, 1.54) is 37.4 Å². The second kappa shape index (κ2) is 6.78. The largest absolute Gasteiger partial charge is 0.309 e. The van der Waals surface area contributed by atoms with Crippen molar-refractivity contribution in [3.05, 3.63) is 27.6 Å². The fourth-order valence-electron chi connectivity index (χ4n) is 2.63. The zero-order valence-electron chi connectivity index (χ0n) is 13.6. The predicted molar refractivity (Wildman–Crippen MR) is 98.6 cm³/mol. The lowest BCUT2D eigenvalue weighted by Gasteiger charge is -2.09. The number of thioether (sulfide) groups is 1. The lowest BCUT2D eigenvalue weighted by molar-refractivity contribution is -0.113. The Bertz CT molecular complexity index is 832. The third-order valence-electron chi connectivity index (χ3n) is 4.24. The monoisotopic (exact) mass is 397 g/mol. The van der Waals surface area contributed by atoms with Crippen molar-refractivity contribution in [2.75, 3.05) is 11.1 Å². The van der Waals surface area contributed by atoms with Crippen molar-refractivity contribution < 1.29 is 4.79 Å². The molecule has 0 radical (unpaired) electrons. The van der Waals surface area contributed by atoms with Crippen molar-refractivity contribution in [2.24, 2.45) is 0 Å². The summed E-state index contributed by atoms with van der Waals surface area (Å²) in [6.45, 7) is 1.76. The number of anilines is 1. The van der Waals surface area contributed by atoms with Gasteiger partial charge >= 0.3 is 0 Å². The minimum Gasteiger partial charge on any atom is -0.309 e. The van der Waals surface area contributed by atoms with Crippen LogP contribution in [0, 0.1) is 6.92 Å². The molecule has 0 spiro atoms. The Hall–Kier alpha value is -1.31. The number of rotatable bonds is 6. The van der Waals surface area contributed by atoms with Crippen LogP contribution in [-0.4, -0.2) is 31.4 Å². The Morgan fingerprint density at radius 2 is 2.04 bits per heavy atom. The maximum Gasteiger partial charge on any atom is 0.236 e. The summed E-state index contributed by atoms with van der Waals surface area (Å²) in [7, 11) is 0. The SMILES string of the molecule is Cc1nc(NC(=O)CSc2nnc(C3CC3)n2C2CC2)c(Cl)cc1Cl. The van der Waals surface area contributed by atoms with E-state index in [9.17, 15) is 4.79 Å². The fourth-order valence-corrected chi connectivity index (χ4v) is 3.85. The molecule has 0 aliphatic heterocycles. The van der Waals surface area contributed by atoms with Gasteiger partial charge in [-0.3, -0.25) is 4.79 Å². The van der Waals surface area contributed by atoms with E-state index in [1.54, 1.807) is 13.0 Å². The Balaban J connectivity index is 1.42. The minimum absolute atomic E-state index is 0.181. The van der Waals surface area contributed by atoms with Crippen LogP contribution >= 0.6 is 35.0 Å². The lowest BCUT2D eigenvalue weighted by Crippen LogP contribution is -2.16. The molecule has 0 saturated heterocycles. The molecule has 1 amide bonds. The highest BCUT2D eigenvalue weighted by molar-refractivity contribution is 7.99. The minimum atomic E-state index is -0.181. The van der Waals surface area contributed by atoms with Gasteiger partial charge in [-0.15, -0.1) is 10.2 Å². The van der Waals surface area contributed by atoms with Gasteiger partial charge in [-0.2, -0.15) is 0 Å². The molecule has 2 aliphatic rings. The maximum atomic E-state index is 12.3. The smallest absolute Gasteiger partial charge is 0.236 e. The number of carbonyl (C=O) groups excluding carboxylic acids is 1. The van der Waals surface area contributed by atoms with Crippen LogP contribution in [0.3, 0.4) is 0 Å². The molecule has 2 aromatic rings. The molecule has 1 N–H and O–H groups in total. The Morgan fingerprint density at radius 1 is 1.28 bits per heavy atom. The van der Waals surface area contributed by atoms with Crippen molar-refractivity contribution in [1.82, 2.24) is 19.7 Å². The van der Waals surface area contributed by atoms with E-state index in [4.69, 9.17) is 23.2 Å². The lowest BCUT2D eigenvalue weighted by atomic mass is 10.3. The zero-order valence-corrected chi connectivity index (χ0v) is 16.0. The van der Waals surface area contributed by atoms with Crippen LogP contribution in [0.5, 0.6) is 0 Å². The quantitative estimate of drug-likeness (QED) is 0.738. The summed E-state index contributed by atoms with van der Waals surface area (Å²) in [5.41, 5.74) is 0.622. The number of nitrogens with one attached hydrogen (secondary N) is 1. The van der Waals surface area contributed by atoms with Crippen LogP contribution < -0.4 is 5.32 Å². The van der Waals surface area contributed by atoms with Gasteiger partial charge in [0.25, 0.3) is 0 Å². The summed E-state index contributed by atoms with van der Waals surface area (Å²) in [4.78, 5) is 16.5. The molecule has 2 heterocycles. The number of hydrogen-bond acceptors (Lipinski definition) is 5. The maximum absolute atomic E-state index is 12.3. The summed E-state index contributed by atoms with van der Waals surface area (Å²) in [6, 6.07) is 2.09. The number of amides is 1. The molecule has 4 rings (SSSR count). The van der Waals surface area contributed by atoms with Crippen LogP contribution in [0.25, 0.3) is 0 Å². The molecule has 0 aromatic carbocycles. The average Bonchev–Trinajstić information content (AvgIpc) is 3.49. The van der Waals surface area contributed by atoms with E-state index in [0.717, 1.165) is 11.0 Å². The predicted octanol–water partition coefficient (Wildman–Crippen LogP) is 4.23. The number of aryl methyl sites for hydroxylation is 1. The van der Waals surface area contributed by atoms with Gasteiger partial charge < -0.3 is 9.88 Å². The molecule has 25 heavy (non-hydrogen) atoms. The normalized spacial score (nSPS) is 16.9. The number of carbonyl (C=O) groups is 1. The van der Waals surface area contributed by atoms with Crippen molar-refractivity contribution in [2.45, 2.75) is 49.7 Å².